The Morgan fingerprint density at radius 1 is 0.415 bits per heavy atom. The van der Waals surface area contributed by atoms with Crippen LogP contribution in [0.4, 0.5) is 17.1 Å². The maximum absolute atomic E-state index is 2.38. The van der Waals surface area contributed by atoms with E-state index in [4.69, 9.17) is 0 Å². The van der Waals surface area contributed by atoms with E-state index in [9.17, 15) is 0 Å². The Balaban J connectivity index is 1.28. The molecule has 2 nitrogen and oxygen atoms in total. The van der Waals surface area contributed by atoms with Crippen LogP contribution in [-0.4, -0.2) is 4.57 Å². The number of fused-ring (bicyclic) bond motifs is 8. The molecule has 0 unspecified atom stereocenters. The topological polar surface area (TPSA) is 8.17 Å². The fraction of sp³-hybridized carbons (Fsp3) is 0.0256. The molecule has 1 heterocycles. The maximum atomic E-state index is 2.38. The van der Waals surface area contributed by atoms with Gasteiger partial charge in [0.25, 0.3) is 0 Å². The lowest BCUT2D eigenvalue weighted by atomic mass is 9.96. The molecule has 8 rings (SSSR count). The van der Waals surface area contributed by atoms with Crippen molar-refractivity contribution in [3.63, 3.8) is 0 Å². The van der Waals surface area contributed by atoms with Gasteiger partial charge in [0.1, 0.15) is 0 Å². The van der Waals surface area contributed by atoms with Gasteiger partial charge in [-0.1, -0.05) is 109 Å². The Kier molecular flexibility index (Phi) is 5.39. The van der Waals surface area contributed by atoms with Crippen molar-refractivity contribution in [2.45, 2.75) is 0 Å². The standard InChI is InChI=1S/C39H28N2/c1-40-37-26-28(22-25-36(37)38-34-18-10-8-16-32(34)33-17-9-11-19-35(33)39(38)40)27-20-23-31(24-21-27)41(29-12-4-2-5-13-29)30-14-6-3-7-15-30/h2-26H,1H3. The molecular formula is C39H28N2. The fourth-order valence-corrected chi connectivity index (χ4v) is 6.47. The zero-order valence-corrected chi connectivity index (χ0v) is 22.8. The van der Waals surface area contributed by atoms with Gasteiger partial charge in [-0.3, -0.25) is 0 Å². The van der Waals surface area contributed by atoms with Crippen molar-refractivity contribution >= 4 is 60.4 Å². The van der Waals surface area contributed by atoms with E-state index in [-0.39, 0.29) is 0 Å². The molecule has 7 aromatic carbocycles. The van der Waals surface area contributed by atoms with E-state index < -0.39 is 0 Å². The molecule has 8 aromatic rings. The smallest absolute Gasteiger partial charge is 0.0574 e. The molecule has 0 N–H and O–H groups in total. The quantitative estimate of drug-likeness (QED) is 0.208. The van der Waals surface area contributed by atoms with Crippen LogP contribution in [0.1, 0.15) is 0 Å². The number of nitrogens with zero attached hydrogens (tertiary/aromatic N) is 2. The van der Waals surface area contributed by atoms with Crippen molar-refractivity contribution in [2.75, 3.05) is 4.90 Å². The first kappa shape index (κ1) is 23.5. The predicted molar refractivity (Wildman–Crippen MR) is 176 cm³/mol. The van der Waals surface area contributed by atoms with E-state index >= 15 is 0 Å². The molecule has 194 valence electrons. The Bertz CT molecular complexity index is 2150. The third-order valence-electron chi connectivity index (χ3n) is 8.36. The molecule has 41 heavy (non-hydrogen) atoms. The summed E-state index contributed by atoms with van der Waals surface area (Å²) in [5.41, 5.74) is 8.38. The minimum atomic E-state index is 1.13. The predicted octanol–water partition coefficient (Wildman–Crippen LogP) is 10.8. The molecule has 0 fully saturated rings. The summed E-state index contributed by atoms with van der Waals surface area (Å²) in [6.07, 6.45) is 0. The van der Waals surface area contributed by atoms with E-state index in [0.717, 1.165) is 17.1 Å². The molecule has 0 bridgehead atoms. The van der Waals surface area contributed by atoms with Gasteiger partial charge in [0.15, 0.2) is 0 Å². The van der Waals surface area contributed by atoms with Gasteiger partial charge in [-0.15, -0.1) is 0 Å². The summed E-state index contributed by atoms with van der Waals surface area (Å²) in [6.45, 7) is 0. The van der Waals surface area contributed by atoms with Gasteiger partial charge in [-0.05, 0) is 69.8 Å². The summed E-state index contributed by atoms with van der Waals surface area (Å²) in [4.78, 5) is 2.30. The van der Waals surface area contributed by atoms with Crippen LogP contribution >= 0.6 is 0 Å². The first-order chi connectivity index (χ1) is 20.3. The lowest BCUT2D eigenvalue weighted by molar-refractivity contribution is 1.02. The molecule has 0 amide bonds. The van der Waals surface area contributed by atoms with Gasteiger partial charge in [0.05, 0.1) is 5.52 Å². The number of hydrogen-bond acceptors (Lipinski definition) is 1. The first-order valence-corrected chi connectivity index (χ1v) is 14.1. The van der Waals surface area contributed by atoms with Gasteiger partial charge in [0, 0.05) is 45.8 Å². The summed E-state index contributed by atoms with van der Waals surface area (Å²) in [7, 11) is 2.20. The zero-order chi connectivity index (χ0) is 27.3. The molecule has 0 radical (unpaired) electrons. The van der Waals surface area contributed by atoms with Crippen LogP contribution in [-0.2, 0) is 7.05 Å². The molecule has 0 aliphatic carbocycles. The van der Waals surface area contributed by atoms with E-state index in [1.165, 1.54) is 54.5 Å². The summed E-state index contributed by atoms with van der Waals surface area (Å²) in [5.74, 6) is 0. The molecule has 0 saturated carbocycles. The number of hydrogen-bond donors (Lipinski definition) is 0. The highest BCUT2D eigenvalue weighted by Gasteiger charge is 2.17. The van der Waals surface area contributed by atoms with Crippen molar-refractivity contribution in [1.82, 2.24) is 4.57 Å². The van der Waals surface area contributed by atoms with Gasteiger partial charge in [-0.25, -0.2) is 0 Å². The highest BCUT2D eigenvalue weighted by Crippen LogP contribution is 2.42. The van der Waals surface area contributed by atoms with Crippen LogP contribution in [0, 0.1) is 0 Å². The normalized spacial score (nSPS) is 11.5. The van der Waals surface area contributed by atoms with Crippen molar-refractivity contribution in [2.24, 2.45) is 7.05 Å². The number of para-hydroxylation sites is 2. The van der Waals surface area contributed by atoms with Crippen LogP contribution in [0.15, 0.2) is 152 Å². The Hall–Kier alpha value is -5.34. The van der Waals surface area contributed by atoms with Crippen molar-refractivity contribution < 1.29 is 0 Å². The highest BCUT2D eigenvalue weighted by atomic mass is 15.1. The van der Waals surface area contributed by atoms with Crippen molar-refractivity contribution in [1.29, 1.82) is 0 Å². The fourth-order valence-electron chi connectivity index (χ4n) is 6.47. The van der Waals surface area contributed by atoms with Crippen LogP contribution in [0.3, 0.4) is 0 Å². The summed E-state index contributed by atoms with van der Waals surface area (Å²) < 4.78 is 2.38. The van der Waals surface area contributed by atoms with E-state index in [0.29, 0.717) is 0 Å². The average molecular weight is 525 g/mol. The molecular weight excluding hydrogens is 496 g/mol. The minimum Gasteiger partial charge on any atom is -0.343 e. The Morgan fingerprint density at radius 2 is 0.902 bits per heavy atom. The monoisotopic (exact) mass is 524 g/mol. The lowest BCUT2D eigenvalue weighted by Gasteiger charge is -2.25. The molecule has 0 saturated heterocycles. The number of anilines is 3. The third kappa shape index (κ3) is 3.72. The minimum absolute atomic E-state index is 1.13. The second-order valence-electron chi connectivity index (χ2n) is 10.7. The molecule has 0 aliphatic heterocycles. The summed E-state index contributed by atoms with van der Waals surface area (Å²) in [5, 5.41) is 7.85. The molecule has 1 aromatic heterocycles. The van der Waals surface area contributed by atoms with Gasteiger partial charge >= 0.3 is 0 Å². The van der Waals surface area contributed by atoms with Crippen molar-refractivity contribution in [3.8, 4) is 11.1 Å². The summed E-state index contributed by atoms with van der Waals surface area (Å²) in [6, 6.07) is 54.5. The van der Waals surface area contributed by atoms with Crippen LogP contribution < -0.4 is 4.90 Å². The molecule has 0 aliphatic rings. The zero-order valence-electron chi connectivity index (χ0n) is 22.8. The SMILES string of the molecule is Cn1c2cc(-c3ccc(N(c4ccccc4)c4ccccc4)cc3)ccc2c2c3ccccc3c3ccccc3c21. The molecule has 0 atom stereocenters. The Morgan fingerprint density at radius 3 is 1.54 bits per heavy atom. The number of rotatable bonds is 4. The van der Waals surface area contributed by atoms with E-state index in [1.54, 1.807) is 0 Å². The second-order valence-corrected chi connectivity index (χ2v) is 10.7. The van der Waals surface area contributed by atoms with Crippen LogP contribution in [0.2, 0.25) is 0 Å². The van der Waals surface area contributed by atoms with Crippen LogP contribution in [0.5, 0.6) is 0 Å². The third-order valence-corrected chi connectivity index (χ3v) is 8.36. The second kappa shape index (κ2) is 9.39. The number of aryl methyl sites for hydroxylation is 1. The van der Waals surface area contributed by atoms with E-state index in [2.05, 4.69) is 168 Å². The molecule has 0 spiro atoms. The highest BCUT2D eigenvalue weighted by molar-refractivity contribution is 6.31. The maximum Gasteiger partial charge on any atom is 0.0574 e. The lowest BCUT2D eigenvalue weighted by Crippen LogP contribution is -2.09. The van der Waals surface area contributed by atoms with Crippen molar-refractivity contribution in [3.05, 3.63) is 152 Å². The largest absolute Gasteiger partial charge is 0.343 e. The number of aromatic nitrogens is 1. The van der Waals surface area contributed by atoms with E-state index in [1.807, 2.05) is 0 Å². The Labute approximate surface area is 239 Å². The first-order valence-electron chi connectivity index (χ1n) is 14.1. The van der Waals surface area contributed by atoms with Crippen LogP contribution in [0.25, 0.3) is 54.5 Å². The van der Waals surface area contributed by atoms with Gasteiger partial charge in [0.2, 0.25) is 0 Å². The van der Waals surface area contributed by atoms with Gasteiger partial charge in [-0.2, -0.15) is 0 Å². The summed E-state index contributed by atoms with van der Waals surface area (Å²) >= 11 is 0. The number of benzene rings is 7. The van der Waals surface area contributed by atoms with Gasteiger partial charge < -0.3 is 9.47 Å². The molecule has 2 heteroatoms. The average Bonchev–Trinajstić information content (AvgIpc) is 3.34.